The molecule has 1 N–H and O–H groups in total. The monoisotopic (exact) mass is 324 g/mol. The minimum atomic E-state index is -0.378. The van der Waals surface area contributed by atoms with Crippen LogP contribution >= 0.6 is 22.9 Å². The quantitative estimate of drug-likeness (QED) is 0.936. The van der Waals surface area contributed by atoms with Gasteiger partial charge in [0, 0.05) is 16.4 Å². The van der Waals surface area contributed by atoms with Gasteiger partial charge in [-0.05, 0) is 37.0 Å². The number of rotatable bonds is 3. The number of halogens is 2. The van der Waals surface area contributed by atoms with Gasteiger partial charge in [-0.1, -0.05) is 17.7 Å². The van der Waals surface area contributed by atoms with Gasteiger partial charge in [-0.3, -0.25) is 4.79 Å². The van der Waals surface area contributed by atoms with Crippen molar-refractivity contribution in [1.82, 2.24) is 10.3 Å². The average molecular weight is 325 g/mol. The molecular formula is C15H14ClFN2OS. The van der Waals surface area contributed by atoms with Gasteiger partial charge in [0.15, 0.2) is 0 Å². The number of hydrogen-bond acceptors (Lipinski definition) is 3. The van der Waals surface area contributed by atoms with Crippen molar-refractivity contribution in [2.45, 2.75) is 31.7 Å². The molecule has 0 fully saturated rings. The smallest absolute Gasteiger partial charge is 0.228 e. The van der Waals surface area contributed by atoms with Crippen molar-refractivity contribution >= 4 is 28.8 Å². The molecule has 0 aliphatic heterocycles. The maximum Gasteiger partial charge on any atom is 0.228 e. The Bertz CT molecular complexity index is 673. The lowest BCUT2D eigenvalue weighted by molar-refractivity contribution is -0.123. The number of carbonyl (C=O) groups is 1. The van der Waals surface area contributed by atoms with Crippen LogP contribution in [0, 0.1) is 5.82 Å². The number of carbonyl (C=O) groups excluding carboxylic acids is 1. The Hall–Kier alpha value is -1.46. The second kappa shape index (κ2) is 6.12. The molecular weight excluding hydrogens is 311 g/mol. The molecule has 1 atom stereocenters. The molecule has 3 nitrogen and oxygen atoms in total. The summed E-state index contributed by atoms with van der Waals surface area (Å²) in [5, 5.41) is 3.22. The highest BCUT2D eigenvalue weighted by molar-refractivity contribution is 7.10. The van der Waals surface area contributed by atoms with Gasteiger partial charge in [0.2, 0.25) is 5.91 Å². The summed E-state index contributed by atoms with van der Waals surface area (Å²) >= 11 is 7.50. The molecule has 1 aromatic heterocycles. The van der Waals surface area contributed by atoms with Crippen LogP contribution in [0.1, 0.15) is 34.9 Å². The number of nitrogens with zero attached hydrogens (tertiary/aromatic N) is 1. The maximum atomic E-state index is 13.0. The lowest BCUT2D eigenvalue weighted by Gasteiger charge is -2.20. The van der Waals surface area contributed by atoms with Gasteiger partial charge in [0.05, 0.1) is 17.1 Å². The van der Waals surface area contributed by atoms with Gasteiger partial charge in [-0.25, -0.2) is 9.37 Å². The standard InChI is InChI=1S/C15H14ClFN2OS/c16-12-6-10(17)5-4-9(12)7-18-15(20)11-2-1-3-13-14(11)21-8-19-13/h4-6,8,11H,1-3,7H2,(H,18,20). The third-order valence-corrected chi connectivity index (χ3v) is 5.02. The molecule has 0 bridgehead atoms. The highest BCUT2D eigenvalue weighted by Gasteiger charge is 2.28. The zero-order valence-corrected chi connectivity index (χ0v) is 12.8. The van der Waals surface area contributed by atoms with E-state index in [0.29, 0.717) is 17.1 Å². The molecule has 0 saturated heterocycles. The molecule has 110 valence electrons. The molecule has 1 aromatic carbocycles. The molecule has 6 heteroatoms. The first-order valence-electron chi connectivity index (χ1n) is 6.79. The topological polar surface area (TPSA) is 42.0 Å². The van der Waals surface area contributed by atoms with E-state index in [1.165, 1.54) is 12.1 Å². The van der Waals surface area contributed by atoms with E-state index in [9.17, 15) is 9.18 Å². The average Bonchev–Trinajstić information content (AvgIpc) is 2.94. The van der Waals surface area contributed by atoms with Crippen LogP contribution in [0.2, 0.25) is 5.02 Å². The lowest BCUT2D eigenvalue weighted by Crippen LogP contribution is -2.30. The van der Waals surface area contributed by atoms with Gasteiger partial charge in [0.25, 0.3) is 0 Å². The number of hydrogen-bond donors (Lipinski definition) is 1. The summed E-state index contributed by atoms with van der Waals surface area (Å²) in [6.45, 7) is 0.308. The molecule has 1 aliphatic carbocycles. The molecule has 0 saturated carbocycles. The zero-order valence-electron chi connectivity index (χ0n) is 11.2. The Kier molecular flexibility index (Phi) is 4.22. The van der Waals surface area contributed by atoms with Crippen LogP contribution in [0.15, 0.2) is 23.7 Å². The van der Waals surface area contributed by atoms with E-state index >= 15 is 0 Å². The normalized spacial score (nSPS) is 17.3. The van der Waals surface area contributed by atoms with Crippen LogP contribution in [0.3, 0.4) is 0 Å². The fourth-order valence-corrected chi connectivity index (χ4v) is 3.78. The molecule has 21 heavy (non-hydrogen) atoms. The number of aryl methyl sites for hydroxylation is 1. The van der Waals surface area contributed by atoms with Crippen molar-refractivity contribution < 1.29 is 9.18 Å². The van der Waals surface area contributed by atoms with Crippen LogP contribution in [0.25, 0.3) is 0 Å². The molecule has 1 heterocycles. The number of benzene rings is 1. The highest BCUT2D eigenvalue weighted by atomic mass is 35.5. The largest absolute Gasteiger partial charge is 0.351 e. The second-order valence-corrected chi connectivity index (χ2v) is 6.36. The molecule has 2 aromatic rings. The third kappa shape index (κ3) is 3.09. The molecule has 0 radical (unpaired) electrons. The first-order valence-corrected chi connectivity index (χ1v) is 8.05. The van der Waals surface area contributed by atoms with E-state index in [1.54, 1.807) is 22.9 Å². The van der Waals surface area contributed by atoms with Crippen molar-refractivity contribution in [1.29, 1.82) is 0 Å². The number of amides is 1. The third-order valence-electron chi connectivity index (χ3n) is 3.68. The summed E-state index contributed by atoms with van der Waals surface area (Å²) in [7, 11) is 0. The van der Waals surface area contributed by atoms with Crippen molar-refractivity contribution in [3.8, 4) is 0 Å². The van der Waals surface area contributed by atoms with E-state index in [0.717, 1.165) is 29.8 Å². The molecule has 0 spiro atoms. The van der Waals surface area contributed by atoms with Gasteiger partial charge < -0.3 is 5.32 Å². The van der Waals surface area contributed by atoms with Gasteiger partial charge in [0.1, 0.15) is 5.82 Å². The van der Waals surface area contributed by atoms with Gasteiger partial charge in [-0.2, -0.15) is 0 Å². The number of thiazole rings is 1. The fraction of sp³-hybridized carbons (Fsp3) is 0.333. The lowest BCUT2D eigenvalue weighted by atomic mass is 9.91. The predicted octanol–water partition coefficient (Wildman–Crippen LogP) is 3.67. The Labute approximate surface area is 131 Å². The predicted molar refractivity (Wildman–Crippen MR) is 81.0 cm³/mol. The van der Waals surface area contributed by atoms with Gasteiger partial charge >= 0.3 is 0 Å². The summed E-state index contributed by atoms with van der Waals surface area (Å²) in [6.07, 6.45) is 2.77. The Morgan fingerprint density at radius 2 is 2.38 bits per heavy atom. The van der Waals surface area contributed by atoms with E-state index in [-0.39, 0.29) is 17.6 Å². The summed E-state index contributed by atoms with van der Waals surface area (Å²) in [4.78, 5) is 17.7. The summed E-state index contributed by atoms with van der Waals surface area (Å²) in [6, 6.07) is 4.19. The fourth-order valence-electron chi connectivity index (χ4n) is 2.57. The Morgan fingerprint density at radius 3 is 3.19 bits per heavy atom. The molecule has 1 aliphatic rings. The van der Waals surface area contributed by atoms with Crippen molar-refractivity contribution in [2.24, 2.45) is 0 Å². The van der Waals surface area contributed by atoms with Gasteiger partial charge in [-0.15, -0.1) is 11.3 Å². The van der Waals surface area contributed by atoms with E-state index in [4.69, 9.17) is 11.6 Å². The minimum Gasteiger partial charge on any atom is -0.351 e. The molecule has 1 amide bonds. The SMILES string of the molecule is O=C(NCc1ccc(F)cc1Cl)C1CCCc2ncsc21. The number of nitrogens with one attached hydrogen (secondary N) is 1. The van der Waals surface area contributed by atoms with Crippen LogP contribution in [-0.4, -0.2) is 10.9 Å². The zero-order chi connectivity index (χ0) is 14.8. The summed E-state index contributed by atoms with van der Waals surface area (Å²) < 4.78 is 13.0. The Morgan fingerprint density at radius 1 is 1.52 bits per heavy atom. The Balaban J connectivity index is 1.68. The number of aromatic nitrogens is 1. The van der Waals surface area contributed by atoms with E-state index in [1.807, 2.05) is 0 Å². The van der Waals surface area contributed by atoms with E-state index in [2.05, 4.69) is 10.3 Å². The first kappa shape index (κ1) is 14.5. The second-order valence-electron chi connectivity index (χ2n) is 5.06. The van der Waals surface area contributed by atoms with E-state index < -0.39 is 0 Å². The van der Waals surface area contributed by atoms with Crippen LogP contribution in [0.4, 0.5) is 4.39 Å². The maximum absolute atomic E-state index is 13.0. The van der Waals surface area contributed by atoms with Crippen LogP contribution in [-0.2, 0) is 17.8 Å². The summed E-state index contributed by atoms with van der Waals surface area (Å²) in [5.74, 6) is -0.516. The summed E-state index contributed by atoms with van der Waals surface area (Å²) in [5.41, 5.74) is 3.56. The first-order chi connectivity index (χ1) is 10.1. The highest BCUT2D eigenvalue weighted by Crippen LogP contribution is 2.34. The van der Waals surface area contributed by atoms with Crippen molar-refractivity contribution in [2.75, 3.05) is 0 Å². The van der Waals surface area contributed by atoms with Crippen molar-refractivity contribution in [3.63, 3.8) is 0 Å². The van der Waals surface area contributed by atoms with Crippen molar-refractivity contribution in [3.05, 3.63) is 50.7 Å². The van der Waals surface area contributed by atoms with Crippen LogP contribution in [0.5, 0.6) is 0 Å². The van der Waals surface area contributed by atoms with Crippen LogP contribution < -0.4 is 5.32 Å². The minimum absolute atomic E-state index is 0.0133. The number of fused-ring (bicyclic) bond motifs is 1. The molecule has 3 rings (SSSR count). The molecule has 1 unspecified atom stereocenters.